The molecule has 11 heteroatoms. The Kier molecular flexibility index (Phi) is 6.59. The minimum atomic E-state index is -0.819. The smallest absolute Gasteiger partial charge is 0.345 e. The van der Waals surface area contributed by atoms with Crippen molar-refractivity contribution in [2.45, 2.75) is 36.1 Å². The molecule has 29 heavy (non-hydrogen) atoms. The summed E-state index contributed by atoms with van der Waals surface area (Å²) < 4.78 is 9.93. The number of amides is 2. The molecule has 3 fully saturated rings. The van der Waals surface area contributed by atoms with Crippen molar-refractivity contribution in [3.63, 3.8) is 0 Å². The Labute approximate surface area is 181 Å². The minimum absolute atomic E-state index is 0.0638. The van der Waals surface area contributed by atoms with Crippen molar-refractivity contribution in [3.8, 4) is 0 Å². The number of esters is 2. The highest BCUT2D eigenvalue weighted by Gasteiger charge is 2.64. The van der Waals surface area contributed by atoms with E-state index in [4.69, 9.17) is 9.47 Å². The van der Waals surface area contributed by atoms with Crippen molar-refractivity contribution in [2.75, 3.05) is 25.2 Å². The van der Waals surface area contributed by atoms with E-state index in [-0.39, 0.29) is 18.1 Å². The largest absolute Gasteiger partial charge is 0.465 e. The van der Waals surface area contributed by atoms with Crippen LogP contribution in [0.1, 0.15) is 13.8 Å². The lowest BCUT2D eigenvalue weighted by molar-refractivity contribution is -0.163. The molecule has 0 radical (unpaired) electrons. The molecule has 0 aromatic rings. The van der Waals surface area contributed by atoms with Crippen LogP contribution in [0.2, 0.25) is 0 Å². The molecular weight excluding hydrogens is 436 g/mol. The number of thioether (sulfide) groups is 3. The molecule has 3 atom stereocenters. The first-order chi connectivity index (χ1) is 13.7. The van der Waals surface area contributed by atoms with Crippen LogP contribution in [0.5, 0.6) is 0 Å². The zero-order valence-electron chi connectivity index (χ0n) is 16.3. The molecule has 158 valence electrons. The van der Waals surface area contributed by atoms with Crippen molar-refractivity contribution in [1.82, 2.24) is 10.2 Å². The van der Waals surface area contributed by atoms with Crippen LogP contribution in [0.15, 0.2) is 22.5 Å². The second-order valence-electron chi connectivity index (χ2n) is 6.98. The third kappa shape index (κ3) is 4.04. The molecule has 3 aliphatic rings. The molecule has 0 aliphatic carbocycles. The van der Waals surface area contributed by atoms with Gasteiger partial charge >= 0.3 is 11.9 Å². The normalized spacial score (nSPS) is 27.0. The molecule has 2 amide bonds. The van der Waals surface area contributed by atoms with E-state index in [9.17, 15) is 19.2 Å². The van der Waals surface area contributed by atoms with Gasteiger partial charge in [0.05, 0.1) is 11.3 Å². The van der Waals surface area contributed by atoms with E-state index in [1.807, 2.05) is 13.8 Å². The number of ether oxygens (including phenoxy) is 2. The van der Waals surface area contributed by atoms with Gasteiger partial charge in [-0.3, -0.25) is 9.59 Å². The standard InChI is InChI=1S/C18H22N2O6S3/c1-5-6-26-16(24)11-18(2,3)29-14-10(13(22)20(11)14)19-12(21)9(15(23)25-4)17-27-7-8-28-17/h5,10-11,14H,1,6-8H2,2-4H3,(H,19,21). The second kappa shape index (κ2) is 8.65. The summed E-state index contributed by atoms with van der Waals surface area (Å²) in [7, 11) is 1.21. The lowest BCUT2D eigenvalue weighted by Gasteiger charge is -2.43. The molecule has 3 unspecified atom stereocenters. The summed E-state index contributed by atoms with van der Waals surface area (Å²) in [6.07, 6.45) is 1.46. The maximum Gasteiger partial charge on any atom is 0.345 e. The number of hydrogen-bond donors (Lipinski definition) is 1. The van der Waals surface area contributed by atoms with Crippen LogP contribution < -0.4 is 5.32 Å². The predicted octanol–water partition coefficient (Wildman–Crippen LogP) is 1.13. The average Bonchev–Trinajstić information content (AvgIpc) is 3.28. The van der Waals surface area contributed by atoms with Crippen molar-refractivity contribution in [3.05, 3.63) is 22.5 Å². The first-order valence-corrected chi connectivity index (χ1v) is 11.7. The summed E-state index contributed by atoms with van der Waals surface area (Å²) in [5.74, 6) is -0.644. The van der Waals surface area contributed by atoms with Gasteiger partial charge in [0.1, 0.15) is 29.6 Å². The third-order valence-electron chi connectivity index (χ3n) is 4.66. The fourth-order valence-electron chi connectivity index (χ4n) is 3.39. The average molecular weight is 459 g/mol. The Hall–Kier alpha value is -1.59. The van der Waals surface area contributed by atoms with Crippen molar-refractivity contribution in [2.24, 2.45) is 0 Å². The third-order valence-corrected chi connectivity index (χ3v) is 8.95. The molecule has 3 heterocycles. The van der Waals surface area contributed by atoms with Crippen LogP contribution in [0, 0.1) is 0 Å². The van der Waals surface area contributed by atoms with E-state index in [0.29, 0.717) is 4.24 Å². The van der Waals surface area contributed by atoms with E-state index >= 15 is 0 Å². The fraction of sp³-hybridized carbons (Fsp3) is 0.556. The van der Waals surface area contributed by atoms with Crippen molar-refractivity contribution < 1.29 is 28.7 Å². The number of β-lactam (4-membered cyclic amide) rings is 1. The molecule has 3 aliphatic heterocycles. The van der Waals surface area contributed by atoms with Gasteiger partial charge in [-0.05, 0) is 13.8 Å². The summed E-state index contributed by atoms with van der Waals surface area (Å²) in [5.41, 5.74) is -0.0737. The number of carbonyl (C=O) groups is 4. The number of methoxy groups -OCH3 is 1. The lowest BCUT2D eigenvalue weighted by Crippen LogP contribution is -2.71. The molecule has 3 rings (SSSR count). The summed E-state index contributed by atoms with van der Waals surface area (Å²) in [6, 6.07) is -1.57. The number of carbonyl (C=O) groups excluding carboxylic acids is 4. The van der Waals surface area contributed by atoms with Gasteiger partial charge in [-0.15, -0.1) is 35.3 Å². The van der Waals surface area contributed by atoms with Gasteiger partial charge in [0.15, 0.2) is 0 Å². The number of nitrogens with one attached hydrogen (secondary N) is 1. The highest BCUT2D eigenvalue weighted by atomic mass is 32.2. The Morgan fingerprint density at radius 3 is 2.55 bits per heavy atom. The quantitative estimate of drug-likeness (QED) is 0.157. The summed E-state index contributed by atoms with van der Waals surface area (Å²) in [6.45, 7) is 7.30. The molecule has 3 saturated heterocycles. The lowest BCUT2D eigenvalue weighted by atomic mass is 9.96. The Morgan fingerprint density at radius 1 is 1.31 bits per heavy atom. The van der Waals surface area contributed by atoms with Crippen LogP contribution in [-0.2, 0) is 28.7 Å². The number of hydrogen-bond acceptors (Lipinski definition) is 9. The topological polar surface area (TPSA) is 102 Å². The van der Waals surface area contributed by atoms with Crippen LogP contribution >= 0.6 is 35.3 Å². The monoisotopic (exact) mass is 458 g/mol. The van der Waals surface area contributed by atoms with Crippen LogP contribution in [0.3, 0.4) is 0 Å². The van der Waals surface area contributed by atoms with Crippen molar-refractivity contribution >= 4 is 59.0 Å². The highest BCUT2D eigenvalue weighted by molar-refractivity contribution is 8.25. The number of fused-ring (bicyclic) bond motifs is 1. The van der Waals surface area contributed by atoms with E-state index in [1.165, 1.54) is 53.4 Å². The van der Waals surface area contributed by atoms with E-state index < -0.39 is 40.1 Å². The van der Waals surface area contributed by atoms with Crippen molar-refractivity contribution in [1.29, 1.82) is 0 Å². The molecular formula is C18H22N2O6S3. The molecule has 0 saturated carbocycles. The molecule has 0 bridgehead atoms. The van der Waals surface area contributed by atoms with Gasteiger partial charge in [-0.25, -0.2) is 9.59 Å². The van der Waals surface area contributed by atoms with E-state index in [1.54, 1.807) is 0 Å². The van der Waals surface area contributed by atoms with Gasteiger partial charge in [-0.2, -0.15) is 0 Å². The summed E-state index contributed by atoms with van der Waals surface area (Å²) in [4.78, 5) is 51.6. The Bertz CT molecular complexity index is 788. The van der Waals surface area contributed by atoms with Gasteiger partial charge in [0.25, 0.3) is 5.91 Å². The number of nitrogens with zero attached hydrogens (tertiary/aromatic N) is 1. The SMILES string of the molecule is C=CCOC(=O)C1N2C(=O)C(NC(=O)C(C(=O)OC)=C3SCCS3)C2SC1(C)C. The molecule has 1 N–H and O–H groups in total. The first-order valence-electron chi connectivity index (χ1n) is 8.89. The predicted molar refractivity (Wildman–Crippen MR) is 113 cm³/mol. The highest BCUT2D eigenvalue weighted by Crippen LogP contribution is 2.51. The van der Waals surface area contributed by atoms with Crippen LogP contribution in [-0.4, -0.2) is 76.1 Å². The molecule has 0 spiro atoms. The maximum atomic E-state index is 12.8. The van der Waals surface area contributed by atoms with Crippen LogP contribution in [0.4, 0.5) is 0 Å². The summed E-state index contributed by atoms with van der Waals surface area (Å²) >= 11 is 4.26. The Morgan fingerprint density at radius 2 is 1.97 bits per heavy atom. The first kappa shape index (κ1) is 22.1. The summed E-state index contributed by atoms with van der Waals surface area (Å²) in [5, 5.41) is 2.26. The minimum Gasteiger partial charge on any atom is -0.465 e. The molecule has 0 aromatic heterocycles. The second-order valence-corrected chi connectivity index (χ2v) is 11.2. The maximum absolute atomic E-state index is 12.8. The van der Waals surface area contributed by atoms with Gasteiger partial charge in [0, 0.05) is 16.3 Å². The van der Waals surface area contributed by atoms with Gasteiger partial charge < -0.3 is 19.7 Å². The van der Waals surface area contributed by atoms with E-state index in [2.05, 4.69) is 11.9 Å². The molecule has 0 aromatic carbocycles. The zero-order chi connectivity index (χ0) is 21.3. The molecule has 8 nitrogen and oxygen atoms in total. The van der Waals surface area contributed by atoms with Gasteiger partial charge in [-0.1, -0.05) is 12.7 Å². The fourth-order valence-corrected chi connectivity index (χ4v) is 7.52. The Balaban J connectivity index is 1.76. The number of rotatable bonds is 6. The van der Waals surface area contributed by atoms with Gasteiger partial charge in [0.2, 0.25) is 5.91 Å². The van der Waals surface area contributed by atoms with E-state index in [0.717, 1.165) is 11.5 Å². The van der Waals surface area contributed by atoms with Crippen LogP contribution in [0.25, 0.3) is 0 Å². The zero-order valence-corrected chi connectivity index (χ0v) is 18.7.